The first kappa shape index (κ1) is 19.0. The first-order chi connectivity index (χ1) is 11.8. The number of sulfonamides is 1. The number of hydrogen-bond donors (Lipinski definition) is 2. The summed E-state index contributed by atoms with van der Waals surface area (Å²) in [4.78, 5) is 12.1. The van der Waals surface area contributed by atoms with E-state index in [0.29, 0.717) is 24.4 Å². The third-order valence-corrected chi connectivity index (χ3v) is 5.16. The van der Waals surface area contributed by atoms with E-state index in [1.54, 1.807) is 49.6 Å². The van der Waals surface area contributed by atoms with Crippen molar-refractivity contribution >= 4 is 21.6 Å². The van der Waals surface area contributed by atoms with E-state index < -0.39 is 10.0 Å². The van der Waals surface area contributed by atoms with Crippen LogP contribution in [-0.4, -0.2) is 34.6 Å². The fraction of sp³-hybridized carbons (Fsp3) is 0.278. The van der Waals surface area contributed by atoms with Crippen LogP contribution >= 0.6 is 0 Å². The van der Waals surface area contributed by atoms with Gasteiger partial charge in [0.05, 0.1) is 11.5 Å². The van der Waals surface area contributed by atoms with Crippen LogP contribution in [0.25, 0.3) is 0 Å². The third kappa shape index (κ3) is 5.04. The fourth-order valence-electron chi connectivity index (χ4n) is 2.15. The monoisotopic (exact) mass is 362 g/mol. The predicted octanol–water partition coefficient (Wildman–Crippen LogP) is 2.48. The van der Waals surface area contributed by atoms with Gasteiger partial charge in [-0.15, -0.1) is 0 Å². The van der Waals surface area contributed by atoms with Crippen molar-refractivity contribution in [3.8, 4) is 0 Å². The second-order valence-electron chi connectivity index (χ2n) is 5.68. The summed E-state index contributed by atoms with van der Waals surface area (Å²) in [6.45, 7) is 4.64. The molecule has 0 aliphatic rings. The molecule has 2 aromatic rings. The SMILES string of the molecule is COCCNC(=O)c1ccc(NS(=O)(=O)c2ccc(C)c(C)c2)cc1. The summed E-state index contributed by atoms with van der Waals surface area (Å²) in [5, 5.41) is 2.70. The van der Waals surface area contributed by atoms with Gasteiger partial charge in [0.1, 0.15) is 0 Å². The van der Waals surface area contributed by atoms with E-state index in [1.165, 1.54) is 0 Å². The highest BCUT2D eigenvalue weighted by Gasteiger charge is 2.15. The molecule has 0 saturated carbocycles. The number of ether oxygens (including phenoxy) is 1. The number of aryl methyl sites for hydroxylation is 2. The first-order valence-corrected chi connectivity index (χ1v) is 9.29. The van der Waals surface area contributed by atoms with Gasteiger partial charge < -0.3 is 10.1 Å². The van der Waals surface area contributed by atoms with E-state index >= 15 is 0 Å². The average Bonchev–Trinajstić information content (AvgIpc) is 2.57. The van der Waals surface area contributed by atoms with E-state index in [1.807, 2.05) is 13.8 Å². The number of anilines is 1. The van der Waals surface area contributed by atoms with Gasteiger partial charge >= 0.3 is 0 Å². The molecule has 0 radical (unpaired) electrons. The van der Waals surface area contributed by atoms with Crippen molar-refractivity contribution in [3.05, 3.63) is 59.2 Å². The van der Waals surface area contributed by atoms with Crippen molar-refractivity contribution < 1.29 is 17.9 Å². The molecule has 7 heteroatoms. The number of rotatable bonds is 7. The molecule has 0 spiro atoms. The maximum Gasteiger partial charge on any atom is 0.261 e. The summed E-state index contributed by atoms with van der Waals surface area (Å²) in [6.07, 6.45) is 0. The van der Waals surface area contributed by atoms with Crippen LogP contribution in [0, 0.1) is 13.8 Å². The molecule has 0 atom stereocenters. The molecule has 6 nitrogen and oxygen atoms in total. The summed E-state index contributed by atoms with van der Waals surface area (Å²) >= 11 is 0. The minimum atomic E-state index is -3.67. The molecule has 0 saturated heterocycles. The van der Waals surface area contributed by atoms with Gasteiger partial charge in [0.2, 0.25) is 0 Å². The van der Waals surface area contributed by atoms with Crippen LogP contribution in [-0.2, 0) is 14.8 Å². The van der Waals surface area contributed by atoms with Crippen molar-refractivity contribution in [1.82, 2.24) is 5.32 Å². The van der Waals surface area contributed by atoms with Gasteiger partial charge in [0.25, 0.3) is 15.9 Å². The number of methoxy groups -OCH3 is 1. The van der Waals surface area contributed by atoms with Gasteiger partial charge in [-0.05, 0) is 61.4 Å². The molecule has 0 unspecified atom stereocenters. The van der Waals surface area contributed by atoms with Crippen molar-refractivity contribution in [2.45, 2.75) is 18.7 Å². The smallest absolute Gasteiger partial charge is 0.261 e. The summed E-state index contributed by atoms with van der Waals surface area (Å²) in [5.41, 5.74) is 2.78. The highest BCUT2D eigenvalue weighted by Crippen LogP contribution is 2.19. The molecule has 0 aliphatic carbocycles. The molecule has 2 aromatic carbocycles. The Morgan fingerprint density at radius 3 is 2.32 bits per heavy atom. The Kier molecular flexibility index (Phi) is 6.17. The van der Waals surface area contributed by atoms with Gasteiger partial charge in [0, 0.05) is 24.9 Å². The molecule has 0 aliphatic heterocycles. The summed E-state index contributed by atoms with van der Waals surface area (Å²) in [6, 6.07) is 11.2. The Bertz CT molecular complexity index is 846. The molecule has 0 heterocycles. The molecule has 0 fully saturated rings. The standard InChI is InChI=1S/C18H22N2O4S/c1-13-4-9-17(12-14(13)2)25(22,23)20-16-7-5-15(6-8-16)18(21)19-10-11-24-3/h4-9,12,20H,10-11H2,1-3H3,(H,19,21). The van der Waals surface area contributed by atoms with E-state index in [2.05, 4.69) is 10.0 Å². The summed E-state index contributed by atoms with van der Waals surface area (Å²) in [5.74, 6) is -0.236. The Morgan fingerprint density at radius 1 is 1.04 bits per heavy atom. The summed E-state index contributed by atoms with van der Waals surface area (Å²) < 4.78 is 32.3. The quantitative estimate of drug-likeness (QED) is 0.741. The number of amides is 1. The van der Waals surface area contributed by atoms with E-state index in [-0.39, 0.29) is 10.8 Å². The number of carbonyl (C=O) groups is 1. The zero-order chi connectivity index (χ0) is 18.4. The second kappa shape index (κ2) is 8.13. The minimum absolute atomic E-state index is 0.206. The maximum atomic E-state index is 12.5. The Hall–Kier alpha value is -2.38. The predicted molar refractivity (Wildman–Crippen MR) is 97.4 cm³/mol. The van der Waals surface area contributed by atoms with Crippen LogP contribution in [0.2, 0.25) is 0 Å². The number of hydrogen-bond acceptors (Lipinski definition) is 4. The lowest BCUT2D eigenvalue weighted by atomic mass is 10.1. The number of benzene rings is 2. The Morgan fingerprint density at radius 2 is 1.72 bits per heavy atom. The van der Waals surface area contributed by atoms with E-state index in [0.717, 1.165) is 11.1 Å². The molecular formula is C18H22N2O4S. The molecular weight excluding hydrogens is 340 g/mol. The topological polar surface area (TPSA) is 84.5 Å². The molecule has 0 bridgehead atoms. The minimum Gasteiger partial charge on any atom is -0.383 e. The van der Waals surface area contributed by atoms with Gasteiger partial charge in [-0.1, -0.05) is 6.07 Å². The first-order valence-electron chi connectivity index (χ1n) is 7.81. The maximum absolute atomic E-state index is 12.5. The van der Waals surface area contributed by atoms with Gasteiger partial charge in [-0.25, -0.2) is 8.42 Å². The highest BCUT2D eigenvalue weighted by atomic mass is 32.2. The fourth-order valence-corrected chi connectivity index (χ4v) is 3.30. The molecule has 134 valence electrons. The number of nitrogens with one attached hydrogen (secondary N) is 2. The zero-order valence-corrected chi connectivity index (χ0v) is 15.3. The largest absolute Gasteiger partial charge is 0.383 e. The lowest BCUT2D eigenvalue weighted by Crippen LogP contribution is -2.26. The van der Waals surface area contributed by atoms with E-state index in [9.17, 15) is 13.2 Å². The van der Waals surface area contributed by atoms with Crippen LogP contribution in [0.15, 0.2) is 47.4 Å². The van der Waals surface area contributed by atoms with Gasteiger partial charge in [-0.2, -0.15) is 0 Å². The van der Waals surface area contributed by atoms with Crippen LogP contribution in [0.4, 0.5) is 5.69 Å². The Labute approximate surface area is 148 Å². The summed E-state index contributed by atoms with van der Waals surface area (Å²) in [7, 11) is -2.11. The molecule has 2 rings (SSSR count). The van der Waals surface area contributed by atoms with E-state index in [4.69, 9.17) is 4.74 Å². The highest BCUT2D eigenvalue weighted by molar-refractivity contribution is 7.92. The molecule has 0 aromatic heterocycles. The van der Waals surface area contributed by atoms with Gasteiger partial charge in [0.15, 0.2) is 0 Å². The van der Waals surface area contributed by atoms with Crippen LogP contribution in [0.3, 0.4) is 0 Å². The molecule has 1 amide bonds. The van der Waals surface area contributed by atoms with Crippen molar-refractivity contribution in [1.29, 1.82) is 0 Å². The Balaban J connectivity index is 2.09. The van der Waals surface area contributed by atoms with Crippen molar-refractivity contribution in [2.24, 2.45) is 0 Å². The van der Waals surface area contributed by atoms with Crippen molar-refractivity contribution in [3.63, 3.8) is 0 Å². The third-order valence-electron chi connectivity index (χ3n) is 3.78. The molecule has 2 N–H and O–H groups in total. The van der Waals surface area contributed by atoms with Gasteiger partial charge in [-0.3, -0.25) is 9.52 Å². The van der Waals surface area contributed by atoms with Crippen LogP contribution < -0.4 is 10.0 Å². The van der Waals surface area contributed by atoms with Crippen molar-refractivity contribution in [2.75, 3.05) is 25.0 Å². The van der Waals surface area contributed by atoms with Crippen LogP contribution in [0.1, 0.15) is 21.5 Å². The normalized spacial score (nSPS) is 11.2. The number of carbonyl (C=O) groups excluding carboxylic acids is 1. The average molecular weight is 362 g/mol. The molecule has 25 heavy (non-hydrogen) atoms. The zero-order valence-electron chi connectivity index (χ0n) is 14.5. The second-order valence-corrected chi connectivity index (χ2v) is 7.36. The van der Waals surface area contributed by atoms with Crippen LogP contribution in [0.5, 0.6) is 0 Å². The lowest BCUT2D eigenvalue weighted by Gasteiger charge is -2.10. The lowest BCUT2D eigenvalue weighted by molar-refractivity contribution is 0.0937.